The van der Waals surface area contributed by atoms with Crippen molar-refractivity contribution < 1.29 is 22.0 Å². The monoisotopic (exact) mass is 435 g/mol. The number of halogens is 2. The number of fused-ring (bicyclic) bond motifs is 3. The van der Waals surface area contributed by atoms with Crippen molar-refractivity contribution in [1.29, 1.82) is 0 Å². The average molecular weight is 435 g/mol. The number of sulfonamides is 1. The molecule has 0 radical (unpaired) electrons. The number of nitrogens with one attached hydrogen (secondary N) is 2. The third-order valence-electron chi connectivity index (χ3n) is 6.32. The van der Waals surface area contributed by atoms with Crippen LogP contribution in [-0.4, -0.2) is 54.3 Å². The highest BCUT2D eigenvalue weighted by molar-refractivity contribution is 7.89. The van der Waals surface area contributed by atoms with Crippen LogP contribution >= 0.6 is 0 Å². The lowest BCUT2D eigenvalue weighted by Crippen LogP contribution is -2.58. The van der Waals surface area contributed by atoms with Crippen LogP contribution < -0.4 is 9.62 Å². The van der Waals surface area contributed by atoms with Gasteiger partial charge in [-0.25, -0.2) is 27.2 Å². The molecule has 1 unspecified atom stereocenters. The van der Waals surface area contributed by atoms with Crippen LogP contribution in [0.5, 0.6) is 0 Å². The Kier molecular flexibility index (Phi) is 3.89. The van der Waals surface area contributed by atoms with Gasteiger partial charge in [0, 0.05) is 17.3 Å². The molecule has 0 bridgehead atoms. The molecule has 2 aromatic heterocycles. The van der Waals surface area contributed by atoms with Gasteiger partial charge in [0.1, 0.15) is 23.6 Å². The van der Waals surface area contributed by atoms with E-state index in [0.29, 0.717) is 40.6 Å². The van der Waals surface area contributed by atoms with Crippen LogP contribution in [0.1, 0.15) is 19.3 Å². The number of anilines is 1. The van der Waals surface area contributed by atoms with E-state index in [4.69, 9.17) is 0 Å². The van der Waals surface area contributed by atoms with Gasteiger partial charge in [0.25, 0.3) is 5.91 Å². The topological polar surface area (TPSA) is 108 Å². The fourth-order valence-electron chi connectivity index (χ4n) is 4.77. The summed E-state index contributed by atoms with van der Waals surface area (Å²) in [7, 11) is -3.90. The zero-order chi connectivity index (χ0) is 21.3. The molecule has 1 saturated carbocycles. The van der Waals surface area contributed by atoms with Crippen LogP contribution in [0.3, 0.4) is 0 Å². The molecule has 2 N–H and O–H groups in total. The number of alkyl halides is 1. The zero-order valence-corrected chi connectivity index (χ0v) is 16.9. The van der Waals surface area contributed by atoms with E-state index < -0.39 is 32.8 Å². The van der Waals surface area contributed by atoms with E-state index in [1.807, 2.05) is 4.72 Å². The number of nitrogens with zero attached hydrogens (tertiary/aromatic N) is 3. The molecule has 1 aliphatic carbocycles. The number of aromatic amines is 1. The van der Waals surface area contributed by atoms with E-state index in [2.05, 4.69) is 15.0 Å². The van der Waals surface area contributed by atoms with Gasteiger partial charge < -0.3 is 9.88 Å². The van der Waals surface area contributed by atoms with Gasteiger partial charge in [-0.05, 0) is 31.0 Å². The van der Waals surface area contributed by atoms with Crippen LogP contribution in [0.4, 0.5) is 14.6 Å². The third-order valence-corrected chi connectivity index (χ3v) is 6.88. The molecule has 1 amide bonds. The standard InChI is InChI=1S/C19H19F2N5O3S/c1-30(28,29)25-17(27)19(21)9-26(8-18(19)5-2-6-18)16-14-12-4-3-11(20)7-13(12)24-15(14)22-10-23-16/h3-4,7,10H,2,5-6,8-9H2,1H3,(H,25,27)(H,22,23,24). The molecule has 30 heavy (non-hydrogen) atoms. The number of aromatic nitrogens is 3. The first kappa shape index (κ1) is 19.2. The van der Waals surface area contributed by atoms with Crippen molar-refractivity contribution in [2.24, 2.45) is 5.41 Å². The molecular weight excluding hydrogens is 416 g/mol. The van der Waals surface area contributed by atoms with Crippen molar-refractivity contribution >= 4 is 43.7 Å². The smallest absolute Gasteiger partial charge is 0.273 e. The molecule has 1 spiro atoms. The van der Waals surface area contributed by atoms with Crippen molar-refractivity contribution in [1.82, 2.24) is 19.7 Å². The Hall–Kier alpha value is -2.82. The summed E-state index contributed by atoms with van der Waals surface area (Å²) in [5.74, 6) is -1.12. The number of carbonyl (C=O) groups is 1. The summed E-state index contributed by atoms with van der Waals surface area (Å²) < 4.78 is 54.7. The van der Waals surface area contributed by atoms with Crippen LogP contribution in [0.25, 0.3) is 21.9 Å². The summed E-state index contributed by atoms with van der Waals surface area (Å²) in [5.41, 5.74) is -2.34. The second-order valence-corrected chi connectivity index (χ2v) is 9.98. The van der Waals surface area contributed by atoms with Crippen molar-refractivity contribution in [2.75, 3.05) is 24.2 Å². The molecule has 5 rings (SSSR count). The number of carbonyl (C=O) groups excluding carboxylic acids is 1. The van der Waals surface area contributed by atoms with E-state index in [-0.39, 0.29) is 13.1 Å². The van der Waals surface area contributed by atoms with E-state index in [9.17, 15) is 17.6 Å². The van der Waals surface area contributed by atoms with Crippen molar-refractivity contribution in [2.45, 2.75) is 24.9 Å². The Morgan fingerprint density at radius 3 is 2.70 bits per heavy atom. The molecule has 11 heteroatoms. The fraction of sp³-hybridized carbons (Fsp3) is 0.421. The average Bonchev–Trinajstić information content (AvgIpc) is 3.15. The minimum atomic E-state index is -3.90. The van der Waals surface area contributed by atoms with E-state index >= 15 is 4.39 Å². The number of H-pyrrole nitrogens is 1. The van der Waals surface area contributed by atoms with Crippen molar-refractivity contribution in [3.8, 4) is 0 Å². The minimum absolute atomic E-state index is 0.223. The van der Waals surface area contributed by atoms with Gasteiger partial charge in [0.05, 0.1) is 23.7 Å². The molecule has 1 aliphatic heterocycles. The molecule has 3 heterocycles. The lowest BCUT2D eigenvalue weighted by atomic mass is 9.61. The second kappa shape index (κ2) is 6.10. The van der Waals surface area contributed by atoms with Gasteiger partial charge in [-0.3, -0.25) is 9.52 Å². The molecule has 158 valence electrons. The first-order valence-electron chi connectivity index (χ1n) is 9.50. The van der Waals surface area contributed by atoms with Gasteiger partial charge in [-0.2, -0.15) is 0 Å². The Morgan fingerprint density at radius 2 is 2.03 bits per heavy atom. The highest BCUT2D eigenvalue weighted by Crippen LogP contribution is 2.56. The SMILES string of the molecule is CS(=O)(=O)NC(=O)C1(F)CN(c2ncnc3[nH]c4cc(F)ccc4c23)CC12CCC2. The largest absolute Gasteiger partial charge is 0.351 e. The molecular formula is C19H19F2N5O3S. The van der Waals surface area contributed by atoms with Crippen molar-refractivity contribution in [3.05, 3.63) is 30.3 Å². The summed E-state index contributed by atoms with van der Waals surface area (Å²) in [6, 6.07) is 4.27. The summed E-state index contributed by atoms with van der Waals surface area (Å²) in [5, 5.41) is 1.29. The van der Waals surface area contributed by atoms with Crippen LogP contribution in [-0.2, 0) is 14.8 Å². The maximum absolute atomic E-state index is 16.1. The molecule has 3 aromatic rings. The Labute approximate surface area is 170 Å². The van der Waals surface area contributed by atoms with Gasteiger partial charge in [-0.15, -0.1) is 0 Å². The maximum Gasteiger partial charge on any atom is 0.273 e. The molecule has 2 aliphatic rings. The molecule has 1 saturated heterocycles. The second-order valence-electron chi connectivity index (χ2n) is 8.23. The highest BCUT2D eigenvalue weighted by atomic mass is 32.2. The predicted molar refractivity (Wildman–Crippen MR) is 107 cm³/mol. The highest BCUT2D eigenvalue weighted by Gasteiger charge is 2.66. The molecule has 1 atom stereocenters. The molecule has 8 nitrogen and oxygen atoms in total. The van der Waals surface area contributed by atoms with E-state index in [0.717, 1.165) is 12.7 Å². The fourth-order valence-corrected chi connectivity index (χ4v) is 5.27. The lowest BCUT2D eigenvalue weighted by molar-refractivity contribution is -0.141. The van der Waals surface area contributed by atoms with E-state index in [1.54, 1.807) is 11.0 Å². The summed E-state index contributed by atoms with van der Waals surface area (Å²) in [6.07, 6.45) is 3.87. The van der Waals surface area contributed by atoms with Gasteiger partial charge in [0.15, 0.2) is 0 Å². The van der Waals surface area contributed by atoms with Gasteiger partial charge in [-0.1, -0.05) is 6.42 Å². The third kappa shape index (κ3) is 2.68. The van der Waals surface area contributed by atoms with Crippen LogP contribution in [0, 0.1) is 11.2 Å². The number of benzene rings is 1. The summed E-state index contributed by atoms with van der Waals surface area (Å²) in [4.78, 5) is 25.9. The Bertz CT molecular complexity index is 1300. The Morgan fingerprint density at radius 1 is 1.27 bits per heavy atom. The molecule has 2 fully saturated rings. The number of hydrogen-bond acceptors (Lipinski definition) is 6. The Balaban J connectivity index is 1.61. The van der Waals surface area contributed by atoms with Crippen LogP contribution in [0.15, 0.2) is 24.5 Å². The van der Waals surface area contributed by atoms with Gasteiger partial charge in [0.2, 0.25) is 15.7 Å². The number of rotatable bonds is 3. The zero-order valence-electron chi connectivity index (χ0n) is 16.1. The van der Waals surface area contributed by atoms with E-state index in [1.165, 1.54) is 18.5 Å². The first-order valence-corrected chi connectivity index (χ1v) is 11.4. The lowest BCUT2D eigenvalue weighted by Gasteiger charge is -2.44. The number of hydrogen-bond donors (Lipinski definition) is 2. The predicted octanol–water partition coefficient (Wildman–Crippen LogP) is 2.02. The maximum atomic E-state index is 16.1. The number of amides is 1. The molecule has 1 aromatic carbocycles. The van der Waals surface area contributed by atoms with Crippen LogP contribution in [0.2, 0.25) is 0 Å². The summed E-state index contributed by atoms with van der Waals surface area (Å²) in [6.45, 7) is -0.102. The minimum Gasteiger partial charge on any atom is -0.351 e. The quantitative estimate of drug-likeness (QED) is 0.652. The summed E-state index contributed by atoms with van der Waals surface area (Å²) >= 11 is 0. The first-order chi connectivity index (χ1) is 14.1. The van der Waals surface area contributed by atoms with Gasteiger partial charge >= 0.3 is 0 Å². The normalized spacial score (nSPS) is 23.2. The van der Waals surface area contributed by atoms with Crippen molar-refractivity contribution in [3.63, 3.8) is 0 Å².